The second-order valence-electron chi connectivity index (χ2n) is 6.82. The normalized spacial score (nSPS) is 11.3. The van der Waals surface area contributed by atoms with E-state index in [1.165, 1.54) is 15.9 Å². The van der Waals surface area contributed by atoms with E-state index in [0.717, 1.165) is 5.56 Å². The summed E-state index contributed by atoms with van der Waals surface area (Å²) in [5, 5.41) is 8.67. The molecule has 0 spiro atoms. The molecule has 0 radical (unpaired) electrons. The average molecular weight is 445 g/mol. The predicted molar refractivity (Wildman–Crippen MR) is 113 cm³/mol. The third-order valence-electron chi connectivity index (χ3n) is 4.71. The van der Waals surface area contributed by atoms with Crippen LogP contribution >= 0.6 is 22.9 Å². The first-order valence-electron chi connectivity index (χ1n) is 9.12. The van der Waals surface area contributed by atoms with Gasteiger partial charge in [-0.3, -0.25) is 23.4 Å². The summed E-state index contributed by atoms with van der Waals surface area (Å²) in [6, 6.07) is 8.79. The van der Waals surface area contributed by atoms with Crippen molar-refractivity contribution in [3.8, 4) is 0 Å². The van der Waals surface area contributed by atoms with Crippen molar-refractivity contribution < 1.29 is 14.3 Å². The maximum atomic E-state index is 12.6. The first-order valence-corrected chi connectivity index (χ1v) is 10.3. The molecule has 0 unspecified atom stereocenters. The van der Waals surface area contributed by atoms with Crippen LogP contribution in [0.3, 0.4) is 0 Å². The lowest BCUT2D eigenvalue weighted by Gasteiger charge is -2.09. The minimum atomic E-state index is -0.521. The highest BCUT2D eigenvalue weighted by atomic mass is 35.5. The fraction of sp³-hybridized carbons (Fsp3) is 0.250. The van der Waals surface area contributed by atoms with E-state index < -0.39 is 5.97 Å². The van der Waals surface area contributed by atoms with Crippen molar-refractivity contribution in [1.29, 1.82) is 0 Å². The van der Waals surface area contributed by atoms with Gasteiger partial charge in [0.25, 0.3) is 5.56 Å². The minimum absolute atomic E-state index is 0.0347. The van der Waals surface area contributed by atoms with E-state index in [9.17, 15) is 14.4 Å². The van der Waals surface area contributed by atoms with Crippen LogP contribution in [0.25, 0.3) is 16.7 Å². The van der Waals surface area contributed by atoms with Gasteiger partial charge in [-0.15, -0.1) is 21.5 Å². The summed E-state index contributed by atoms with van der Waals surface area (Å²) in [4.78, 5) is 37.3. The Hall–Kier alpha value is -3.04. The number of carbonyl (C=O) groups is 2. The SMILES string of the molecule is Cc1ccc2c(c1)c(=O)n(C)c1nnc(COC(=O)CCC(=O)c3ccc(Cl)s3)n21. The van der Waals surface area contributed by atoms with Gasteiger partial charge >= 0.3 is 5.97 Å². The maximum Gasteiger partial charge on any atom is 0.306 e. The van der Waals surface area contributed by atoms with Gasteiger partial charge in [0.1, 0.15) is 0 Å². The fourth-order valence-corrected chi connectivity index (χ4v) is 4.18. The number of Topliss-reactive ketones (excluding diaryl/α,β-unsaturated/α-hetero) is 1. The van der Waals surface area contributed by atoms with Crippen molar-refractivity contribution in [3.63, 3.8) is 0 Å². The molecule has 4 aromatic rings. The van der Waals surface area contributed by atoms with Crippen LogP contribution in [0.5, 0.6) is 0 Å². The summed E-state index contributed by atoms with van der Waals surface area (Å²) in [6.45, 7) is 1.78. The van der Waals surface area contributed by atoms with Crippen LogP contribution in [-0.2, 0) is 23.2 Å². The lowest BCUT2D eigenvalue weighted by molar-refractivity contribution is -0.145. The van der Waals surface area contributed by atoms with Crippen molar-refractivity contribution in [2.75, 3.05) is 0 Å². The number of esters is 1. The third-order valence-corrected chi connectivity index (χ3v) is 5.98. The van der Waals surface area contributed by atoms with Gasteiger partial charge in [-0.1, -0.05) is 23.2 Å². The molecular formula is C20H17ClN4O4S. The summed E-state index contributed by atoms with van der Waals surface area (Å²) in [6.07, 6.45) is -0.0174. The van der Waals surface area contributed by atoms with Crippen molar-refractivity contribution >= 4 is 51.4 Å². The van der Waals surface area contributed by atoms with Gasteiger partial charge in [0, 0.05) is 13.5 Å². The Morgan fingerprint density at radius 3 is 2.70 bits per heavy atom. The number of hydrogen-bond donors (Lipinski definition) is 0. The summed E-state index contributed by atoms with van der Waals surface area (Å²) in [5.41, 5.74) is 1.42. The smallest absolute Gasteiger partial charge is 0.306 e. The zero-order valence-corrected chi connectivity index (χ0v) is 17.8. The van der Waals surface area contributed by atoms with Crippen molar-refractivity contribution in [3.05, 3.63) is 61.3 Å². The van der Waals surface area contributed by atoms with E-state index in [2.05, 4.69) is 10.2 Å². The van der Waals surface area contributed by atoms with Crippen LogP contribution < -0.4 is 5.56 Å². The van der Waals surface area contributed by atoms with Gasteiger partial charge in [-0.25, -0.2) is 0 Å². The molecule has 0 fully saturated rings. The molecule has 3 aromatic heterocycles. The predicted octanol–water partition coefficient (Wildman–Crippen LogP) is 3.31. The Morgan fingerprint density at radius 2 is 1.97 bits per heavy atom. The number of ketones is 1. The van der Waals surface area contributed by atoms with Crippen molar-refractivity contribution in [1.82, 2.24) is 19.2 Å². The molecule has 0 saturated carbocycles. The van der Waals surface area contributed by atoms with Gasteiger partial charge in [-0.05, 0) is 31.2 Å². The molecule has 154 valence electrons. The second-order valence-corrected chi connectivity index (χ2v) is 8.54. The molecule has 30 heavy (non-hydrogen) atoms. The monoisotopic (exact) mass is 444 g/mol. The van der Waals surface area contributed by atoms with E-state index in [1.807, 2.05) is 19.1 Å². The van der Waals surface area contributed by atoms with Crippen LogP contribution in [0, 0.1) is 6.92 Å². The molecule has 0 N–H and O–H groups in total. The number of hydrogen-bond acceptors (Lipinski definition) is 7. The van der Waals surface area contributed by atoms with Gasteiger partial charge in [0.2, 0.25) is 5.78 Å². The Kier molecular flexibility index (Phi) is 5.40. The Bertz CT molecular complexity index is 1350. The lowest BCUT2D eigenvalue weighted by atomic mass is 10.1. The fourth-order valence-electron chi connectivity index (χ4n) is 3.17. The summed E-state index contributed by atoms with van der Waals surface area (Å²) in [7, 11) is 1.62. The number of benzene rings is 1. The van der Waals surface area contributed by atoms with Crippen LogP contribution in [0.1, 0.15) is 33.9 Å². The number of nitrogens with zero attached hydrogens (tertiary/aromatic N) is 4. The van der Waals surface area contributed by atoms with E-state index in [-0.39, 0.29) is 30.8 Å². The molecule has 10 heteroatoms. The highest BCUT2D eigenvalue weighted by molar-refractivity contribution is 7.18. The van der Waals surface area contributed by atoms with Gasteiger partial charge < -0.3 is 4.74 Å². The van der Waals surface area contributed by atoms with Crippen LogP contribution in [0.4, 0.5) is 0 Å². The first-order chi connectivity index (χ1) is 14.3. The number of carbonyl (C=O) groups excluding carboxylic acids is 2. The Labute approximate surface area is 179 Å². The van der Waals surface area contributed by atoms with Gasteiger partial charge in [0.05, 0.1) is 26.5 Å². The number of fused-ring (bicyclic) bond motifs is 3. The highest BCUT2D eigenvalue weighted by Crippen LogP contribution is 2.23. The third kappa shape index (κ3) is 3.73. The molecular weight excluding hydrogens is 428 g/mol. The lowest BCUT2D eigenvalue weighted by Crippen LogP contribution is -2.20. The number of halogens is 1. The van der Waals surface area contributed by atoms with Crippen LogP contribution in [0.15, 0.2) is 35.1 Å². The molecule has 3 heterocycles. The standard InChI is InChI=1S/C20H17ClN4O4S/c1-11-3-4-13-12(9-11)19(28)24(2)20-23-22-17(25(13)20)10-29-18(27)8-5-14(26)15-6-7-16(21)30-15/h3-4,6-7,9H,5,8,10H2,1-2H3. The largest absolute Gasteiger partial charge is 0.457 e. The zero-order chi connectivity index (χ0) is 21.4. The Morgan fingerprint density at radius 1 is 1.17 bits per heavy atom. The second kappa shape index (κ2) is 8.00. The van der Waals surface area contributed by atoms with Crippen LogP contribution in [-0.4, -0.2) is 30.9 Å². The molecule has 0 bridgehead atoms. The molecule has 0 aliphatic carbocycles. The zero-order valence-electron chi connectivity index (χ0n) is 16.2. The number of aromatic nitrogens is 4. The number of aryl methyl sites for hydroxylation is 2. The highest BCUT2D eigenvalue weighted by Gasteiger charge is 2.17. The molecule has 0 aliphatic heterocycles. The van der Waals surface area contributed by atoms with E-state index in [0.29, 0.717) is 31.7 Å². The van der Waals surface area contributed by atoms with Gasteiger partial charge in [-0.2, -0.15) is 0 Å². The van der Waals surface area contributed by atoms with E-state index in [4.69, 9.17) is 16.3 Å². The first kappa shape index (κ1) is 20.2. The average Bonchev–Trinajstić information content (AvgIpc) is 3.35. The summed E-state index contributed by atoms with van der Waals surface area (Å²) >= 11 is 7.01. The molecule has 0 aliphatic rings. The maximum absolute atomic E-state index is 12.6. The summed E-state index contributed by atoms with van der Waals surface area (Å²) in [5.74, 6) is 0.0622. The van der Waals surface area contributed by atoms with Crippen molar-refractivity contribution in [2.45, 2.75) is 26.4 Å². The number of thiophene rings is 1. The number of ether oxygens (including phenoxy) is 1. The van der Waals surface area contributed by atoms with E-state index >= 15 is 0 Å². The molecule has 0 amide bonds. The van der Waals surface area contributed by atoms with E-state index in [1.54, 1.807) is 29.6 Å². The van der Waals surface area contributed by atoms with Crippen molar-refractivity contribution in [2.24, 2.45) is 7.05 Å². The molecule has 4 rings (SSSR count). The summed E-state index contributed by atoms with van der Waals surface area (Å²) < 4.78 is 8.93. The molecule has 0 saturated heterocycles. The molecule has 0 atom stereocenters. The minimum Gasteiger partial charge on any atom is -0.457 e. The van der Waals surface area contributed by atoms with Gasteiger partial charge in [0.15, 0.2) is 18.2 Å². The number of rotatable bonds is 6. The Balaban J connectivity index is 1.52. The topological polar surface area (TPSA) is 95.6 Å². The molecule has 8 nitrogen and oxygen atoms in total. The molecule has 1 aromatic carbocycles. The quantitative estimate of drug-likeness (QED) is 0.334. The van der Waals surface area contributed by atoms with Crippen LogP contribution in [0.2, 0.25) is 4.34 Å².